The molecule has 0 aliphatic carbocycles. The molecule has 1 fully saturated rings. The van der Waals surface area contributed by atoms with Crippen LogP contribution in [-0.4, -0.2) is 22.6 Å². The SMILES string of the molecule is CCC1CCCCCN1c1nccnc1CN. The van der Waals surface area contributed by atoms with E-state index in [9.17, 15) is 0 Å². The lowest BCUT2D eigenvalue weighted by Crippen LogP contribution is -2.36. The molecule has 4 nitrogen and oxygen atoms in total. The average molecular weight is 234 g/mol. The van der Waals surface area contributed by atoms with E-state index < -0.39 is 0 Å². The van der Waals surface area contributed by atoms with Gasteiger partial charge in [0.25, 0.3) is 0 Å². The van der Waals surface area contributed by atoms with Crippen molar-refractivity contribution in [2.24, 2.45) is 5.73 Å². The molecule has 0 aromatic carbocycles. The molecule has 1 unspecified atom stereocenters. The fraction of sp³-hybridized carbons (Fsp3) is 0.692. The lowest BCUT2D eigenvalue weighted by molar-refractivity contribution is 0.549. The molecule has 1 saturated heterocycles. The summed E-state index contributed by atoms with van der Waals surface area (Å²) in [5.41, 5.74) is 6.68. The largest absolute Gasteiger partial charge is 0.352 e. The fourth-order valence-electron chi connectivity index (χ4n) is 2.62. The van der Waals surface area contributed by atoms with Crippen LogP contribution in [0.15, 0.2) is 12.4 Å². The Hall–Kier alpha value is -1.16. The van der Waals surface area contributed by atoms with Gasteiger partial charge in [-0.2, -0.15) is 0 Å². The first kappa shape index (κ1) is 12.3. The molecule has 1 aromatic rings. The lowest BCUT2D eigenvalue weighted by Gasteiger charge is -2.31. The van der Waals surface area contributed by atoms with E-state index in [1.807, 2.05) is 0 Å². The minimum atomic E-state index is 0.468. The van der Waals surface area contributed by atoms with E-state index in [0.29, 0.717) is 12.6 Å². The first-order valence-corrected chi connectivity index (χ1v) is 6.63. The van der Waals surface area contributed by atoms with Gasteiger partial charge in [0.2, 0.25) is 0 Å². The molecule has 1 atom stereocenters. The van der Waals surface area contributed by atoms with Crippen molar-refractivity contribution in [3.05, 3.63) is 18.1 Å². The van der Waals surface area contributed by atoms with E-state index in [1.54, 1.807) is 12.4 Å². The summed E-state index contributed by atoms with van der Waals surface area (Å²) in [6.07, 6.45) is 9.82. The van der Waals surface area contributed by atoms with Crippen LogP contribution in [0.5, 0.6) is 0 Å². The Morgan fingerprint density at radius 3 is 2.88 bits per heavy atom. The second-order valence-electron chi connectivity index (χ2n) is 4.64. The zero-order valence-electron chi connectivity index (χ0n) is 10.6. The number of aromatic nitrogens is 2. The van der Waals surface area contributed by atoms with Crippen LogP contribution in [0.1, 0.15) is 44.7 Å². The molecule has 94 valence electrons. The van der Waals surface area contributed by atoms with E-state index in [-0.39, 0.29) is 0 Å². The summed E-state index contributed by atoms with van der Waals surface area (Å²) in [6, 6.07) is 0.597. The summed E-state index contributed by atoms with van der Waals surface area (Å²) < 4.78 is 0. The maximum absolute atomic E-state index is 5.75. The van der Waals surface area contributed by atoms with Crippen LogP contribution in [0.3, 0.4) is 0 Å². The molecule has 17 heavy (non-hydrogen) atoms. The van der Waals surface area contributed by atoms with E-state index in [4.69, 9.17) is 5.73 Å². The first-order valence-electron chi connectivity index (χ1n) is 6.63. The molecule has 1 aromatic heterocycles. The van der Waals surface area contributed by atoms with Gasteiger partial charge in [0.1, 0.15) is 0 Å². The summed E-state index contributed by atoms with van der Waals surface area (Å²) >= 11 is 0. The predicted molar refractivity (Wildman–Crippen MR) is 69.8 cm³/mol. The maximum Gasteiger partial charge on any atom is 0.151 e. The first-order chi connectivity index (χ1) is 8.36. The van der Waals surface area contributed by atoms with Crippen LogP contribution in [0.2, 0.25) is 0 Å². The molecule has 0 saturated carbocycles. The molecule has 2 heterocycles. The van der Waals surface area contributed by atoms with Crippen molar-refractivity contribution in [3.63, 3.8) is 0 Å². The third-order valence-corrected chi connectivity index (χ3v) is 3.57. The second kappa shape index (κ2) is 5.96. The number of nitrogens with zero attached hydrogens (tertiary/aromatic N) is 3. The van der Waals surface area contributed by atoms with Crippen LogP contribution in [0.25, 0.3) is 0 Å². The van der Waals surface area contributed by atoms with Gasteiger partial charge in [0.15, 0.2) is 5.82 Å². The molecule has 0 radical (unpaired) electrons. The molecule has 1 aliphatic heterocycles. The van der Waals surface area contributed by atoms with Gasteiger partial charge in [0.05, 0.1) is 5.69 Å². The molecule has 2 N–H and O–H groups in total. The standard InChI is InChI=1S/C13H22N4/c1-2-11-6-4-3-5-9-17(11)13-12(10-14)15-7-8-16-13/h7-8,11H,2-6,9-10,14H2,1H3. The van der Waals surface area contributed by atoms with Crippen LogP contribution < -0.4 is 10.6 Å². The van der Waals surface area contributed by atoms with Crippen molar-refractivity contribution in [1.82, 2.24) is 9.97 Å². The molecule has 4 heteroatoms. The van der Waals surface area contributed by atoms with Gasteiger partial charge in [-0.25, -0.2) is 4.98 Å². The number of anilines is 1. The summed E-state index contributed by atoms with van der Waals surface area (Å²) in [5, 5.41) is 0. The quantitative estimate of drug-likeness (QED) is 0.870. The highest BCUT2D eigenvalue weighted by Crippen LogP contribution is 2.25. The van der Waals surface area contributed by atoms with Gasteiger partial charge >= 0.3 is 0 Å². The number of hydrogen-bond acceptors (Lipinski definition) is 4. The number of hydrogen-bond donors (Lipinski definition) is 1. The molecule has 2 rings (SSSR count). The molecule has 1 aliphatic rings. The van der Waals surface area contributed by atoms with Crippen molar-refractivity contribution < 1.29 is 0 Å². The van der Waals surface area contributed by atoms with Gasteiger partial charge in [-0.3, -0.25) is 4.98 Å². The van der Waals surface area contributed by atoms with Gasteiger partial charge in [0, 0.05) is 31.5 Å². The van der Waals surface area contributed by atoms with E-state index in [1.165, 1.54) is 32.1 Å². The monoisotopic (exact) mass is 234 g/mol. The molecular formula is C13H22N4. The Labute approximate surface area is 103 Å². The second-order valence-corrected chi connectivity index (χ2v) is 4.64. The van der Waals surface area contributed by atoms with Gasteiger partial charge in [-0.1, -0.05) is 19.8 Å². The third kappa shape index (κ3) is 2.75. The van der Waals surface area contributed by atoms with Crippen molar-refractivity contribution in [2.75, 3.05) is 11.4 Å². The molecule has 0 bridgehead atoms. The Morgan fingerprint density at radius 2 is 2.12 bits per heavy atom. The lowest BCUT2D eigenvalue weighted by atomic mass is 10.1. The van der Waals surface area contributed by atoms with Crippen molar-refractivity contribution in [2.45, 2.75) is 51.6 Å². The highest BCUT2D eigenvalue weighted by molar-refractivity contribution is 5.44. The smallest absolute Gasteiger partial charge is 0.151 e. The number of rotatable bonds is 3. The Kier molecular flexibility index (Phi) is 4.31. The van der Waals surface area contributed by atoms with Crippen molar-refractivity contribution in [1.29, 1.82) is 0 Å². The van der Waals surface area contributed by atoms with Crippen molar-refractivity contribution >= 4 is 5.82 Å². The van der Waals surface area contributed by atoms with E-state index in [2.05, 4.69) is 21.8 Å². The summed E-state index contributed by atoms with van der Waals surface area (Å²) in [7, 11) is 0. The maximum atomic E-state index is 5.75. The average Bonchev–Trinajstić information content (AvgIpc) is 2.63. The Morgan fingerprint density at radius 1 is 1.29 bits per heavy atom. The molecule has 0 amide bonds. The Balaban J connectivity index is 2.28. The summed E-state index contributed by atoms with van der Waals surface area (Å²) in [5.74, 6) is 1.00. The summed E-state index contributed by atoms with van der Waals surface area (Å²) in [4.78, 5) is 11.3. The fourth-order valence-corrected chi connectivity index (χ4v) is 2.62. The zero-order chi connectivity index (χ0) is 12.1. The molecular weight excluding hydrogens is 212 g/mol. The van der Waals surface area contributed by atoms with Crippen molar-refractivity contribution in [3.8, 4) is 0 Å². The van der Waals surface area contributed by atoms with Crippen LogP contribution in [0.4, 0.5) is 5.82 Å². The minimum Gasteiger partial charge on any atom is -0.352 e. The molecule has 0 spiro atoms. The Bertz CT molecular complexity index is 353. The van der Waals surface area contributed by atoms with Crippen LogP contribution in [-0.2, 0) is 6.54 Å². The predicted octanol–water partition coefficient (Wildman–Crippen LogP) is 2.09. The minimum absolute atomic E-state index is 0.468. The van der Waals surface area contributed by atoms with E-state index >= 15 is 0 Å². The topological polar surface area (TPSA) is 55.0 Å². The zero-order valence-corrected chi connectivity index (χ0v) is 10.6. The number of nitrogens with two attached hydrogens (primary N) is 1. The van der Waals surface area contributed by atoms with Gasteiger partial charge in [-0.15, -0.1) is 0 Å². The van der Waals surface area contributed by atoms with Gasteiger partial charge < -0.3 is 10.6 Å². The van der Waals surface area contributed by atoms with Crippen LogP contribution in [0, 0.1) is 0 Å². The van der Waals surface area contributed by atoms with Crippen LogP contribution >= 0.6 is 0 Å². The third-order valence-electron chi connectivity index (χ3n) is 3.57. The normalized spacial score (nSPS) is 21.3. The highest BCUT2D eigenvalue weighted by Gasteiger charge is 2.22. The van der Waals surface area contributed by atoms with E-state index in [0.717, 1.165) is 18.1 Å². The highest BCUT2D eigenvalue weighted by atomic mass is 15.2. The van der Waals surface area contributed by atoms with Gasteiger partial charge in [-0.05, 0) is 19.3 Å². The summed E-state index contributed by atoms with van der Waals surface area (Å²) in [6.45, 7) is 3.81.